The maximum atomic E-state index is 12.5. The van der Waals surface area contributed by atoms with Gasteiger partial charge in [-0.05, 0) is 17.5 Å². The second-order valence-electron chi connectivity index (χ2n) is 5.82. The molecule has 3 unspecified atom stereocenters. The summed E-state index contributed by atoms with van der Waals surface area (Å²) in [6.07, 6.45) is 0.348. The Morgan fingerprint density at radius 2 is 1.96 bits per heavy atom. The third-order valence-corrected chi connectivity index (χ3v) is 5.43. The van der Waals surface area contributed by atoms with Crippen LogP contribution < -0.4 is 5.32 Å². The second-order valence-corrected chi connectivity index (χ2v) is 6.82. The Balaban J connectivity index is 1.77. The van der Waals surface area contributed by atoms with Crippen molar-refractivity contribution in [2.45, 2.75) is 31.3 Å². The standard InChI is InChI=1S/C16H18N2O4S/c1-9(19)18-8-23-7-14(18)15(20)17-13-6-12(16(21)22)10-4-2-3-5-11(10)13/h2-5,12-14H,6-8H2,1H3,(H,17,20)(H,21,22). The summed E-state index contributed by atoms with van der Waals surface area (Å²) in [4.78, 5) is 37.1. The number of carbonyl (C=O) groups is 3. The molecule has 1 aromatic rings. The third kappa shape index (κ3) is 2.93. The number of hydrogen-bond donors (Lipinski definition) is 2. The van der Waals surface area contributed by atoms with Gasteiger partial charge in [-0.2, -0.15) is 0 Å². The zero-order valence-electron chi connectivity index (χ0n) is 12.7. The number of aliphatic carboxylic acids is 1. The van der Waals surface area contributed by atoms with Crippen molar-refractivity contribution in [3.05, 3.63) is 35.4 Å². The molecule has 0 radical (unpaired) electrons. The van der Waals surface area contributed by atoms with Crippen LogP contribution in [-0.2, 0) is 14.4 Å². The molecule has 0 spiro atoms. The predicted molar refractivity (Wildman–Crippen MR) is 86.0 cm³/mol. The molecule has 1 fully saturated rings. The number of nitrogens with one attached hydrogen (secondary N) is 1. The first-order valence-electron chi connectivity index (χ1n) is 7.46. The summed E-state index contributed by atoms with van der Waals surface area (Å²) in [5, 5.41) is 12.3. The van der Waals surface area contributed by atoms with Gasteiger partial charge in [-0.1, -0.05) is 24.3 Å². The van der Waals surface area contributed by atoms with Crippen LogP contribution in [0.4, 0.5) is 0 Å². The lowest BCUT2D eigenvalue weighted by atomic mass is 10.0. The van der Waals surface area contributed by atoms with Gasteiger partial charge in [0.25, 0.3) is 0 Å². The number of amides is 2. The molecule has 122 valence electrons. The first-order chi connectivity index (χ1) is 11.0. The van der Waals surface area contributed by atoms with Gasteiger partial charge in [-0.3, -0.25) is 14.4 Å². The highest BCUT2D eigenvalue weighted by Crippen LogP contribution is 2.40. The van der Waals surface area contributed by atoms with E-state index in [0.29, 0.717) is 18.1 Å². The maximum Gasteiger partial charge on any atom is 0.311 e. The highest BCUT2D eigenvalue weighted by atomic mass is 32.2. The zero-order valence-corrected chi connectivity index (χ0v) is 13.5. The minimum Gasteiger partial charge on any atom is -0.481 e. The number of carboxylic acid groups (broad SMARTS) is 1. The molecule has 3 rings (SSSR count). The molecule has 2 N–H and O–H groups in total. The topological polar surface area (TPSA) is 86.7 Å². The normalized spacial score (nSPS) is 26.0. The summed E-state index contributed by atoms with van der Waals surface area (Å²) < 4.78 is 0. The van der Waals surface area contributed by atoms with Gasteiger partial charge >= 0.3 is 5.97 Å². The van der Waals surface area contributed by atoms with Gasteiger partial charge < -0.3 is 15.3 Å². The van der Waals surface area contributed by atoms with Crippen LogP contribution in [0.2, 0.25) is 0 Å². The quantitative estimate of drug-likeness (QED) is 0.871. The fraction of sp³-hybridized carbons (Fsp3) is 0.438. The van der Waals surface area contributed by atoms with Crippen LogP contribution in [0.1, 0.15) is 36.4 Å². The van der Waals surface area contributed by atoms with Gasteiger partial charge in [-0.15, -0.1) is 11.8 Å². The van der Waals surface area contributed by atoms with Crippen molar-refractivity contribution in [2.75, 3.05) is 11.6 Å². The highest BCUT2D eigenvalue weighted by Gasteiger charge is 2.39. The van der Waals surface area contributed by atoms with Crippen molar-refractivity contribution in [3.63, 3.8) is 0 Å². The summed E-state index contributed by atoms with van der Waals surface area (Å²) in [5.74, 6) is -0.718. The summed E-state index contributed by atoms with van der Waals surface area (Å²) in [6, 6.07) is 6.51. The molecule has 2 aliphatic rings. The van der Waals surface area contributed by atoms with Crippen molar-refractivity contribution in [1.29, 1.82) is 0 Å². The van der Waals surface area contributed by atoms with E-state index < -0.39 is 17.9 Å². The van der Waals surface area contributed by atoms with Gasteiger partial charge in [0.1, 0.15) is 6.04 Å². The van der Waals surface area contributed by atoms with E-state index in [1.165, 1.54) is 6.92 Å². The molecule has 23 heavy (non-hydrogen) atoms. The average Bonchev–Trinajstić information content (AvgIpc) is 3.12. The van der Waals surface area contributed by atoms with Crippen molar-refractivity contribution in [1.82, 2.24) is 10.2 Å². The predicted octanol–water partition coefficient (Wildman–Crippen LogP) is 1.34. The number of hydrogen-bond acceptors (Lipinski definition) is 4. The average molecular weight is 334 g/mol. The van der Waals surface area contributed by atoms with Crippen molar-refractivity contribution >= 4 is 29.5 Å². The van der Waals surface area contributed by atoms with E-state index in [1.54, 1.807) is 22.7 Å². The number of fused-ring (bicyclic) bond motifs is 1. The molecule has 1 aliphatic carbocycles. The monoisotopic (exact) mass is 334 g/mol. The second kappa shape index (κ2) is 6.23. The highest BCUT2D eigenvalue weighted by molar-refractivity contribution is 7.99. The molecule has 1 aliphatic heterocycles. The number of carboxylic acids is 1. The molecule has 1 heterocycles. The summed E-state index contributed by atoms with van der Waals surface area (Å²) in [7, 11) is 0. The Morgan fingerprint density at radius 3 is 2.61 bits per heavy atom. The minimum absolute atomic E-state index is 0.120. The first-order valence-corrected chi connectivity index (χ1v) is 8.61. The lowest BCUT2D eigenvalue weighted by Gasteiger charge is -2.23. The molecule has 1 aromatic carbocycles. The van der Waals surface area contributed by atoms with Crippen molar-refractivity contribution in [2.24, 2.45) is 0 Å². The van der Waals surface area contributed by atoms with Crippen molar-refractivity contribution < 1.29 is 19.5 Å². The van der Waals surface area contributed by atoms with E-state index in [0.717, 1.165) is 11.1 Å². The summed E-state index contributed by atoms with van der Waals surface area (Å²) >= 11 is 1.55. The van der Waals surface area contributed by atoms with E-state index >= 15 is 0 Å². The number of rotatable bonds is 3. The fourth-order valence-corrected chi connectivity index (χ4v) is 4.46. The summed E-state index contributed by atoms with van der Waals surface area (Å²) in [6.45, 7) is 1.46. The molecule has 2 amide bonds. The molecule has 1 saturated heterocycles. The molecule has 7 heteroatoms. The number of nitrogens with zero attached hydrogens (tertiary/aromatic N) is 1. The Bertz CT molecular complexity index is 663. The first kappa shape index (κ1) is 15.9. The number of carbonyl (C=O) groups excluding carboxylic acids is 2. The Morgan fingerprint density at radius 1 is 1.26 bits per heavy atom. The Kier molecular flexibility index (Phi) is 4.30. The molecule has 0 bridgehead atoms. The molecular weight excluding hydrogens is 316 g/mol. The maximum absolute atomic E-state index is 12.5. The van der Waals surface area contributed by atoms with E-state index in [9.17, 15) is 19.5 Å². The molecular formula is C16H18N2O4S. The van der Waals surface area contributed by atoms with Crippen LogP contribution in [0.15, 0.2) is 24.3 Å². The van der Waals surface area contributed by atoms with Crippen LogP contribution in [0.5, 0.6) is 0 Å². The lowest BCUT2D eigenvalue weighted by Crippen LogP contribution is -2.47. The van der Waals surface area contributed by atoms with Crippen LogP contribution in [0.3, 0.4) is 0 Å². The van der Waals surface area contributed by atoms with Crippen LogP contribution in [0, 0.1) is 0 Å². The number of benzene rings is 1. The Labute approximate surface area is 138 Å². The van der Waals surface area contributed by atoms with Crippen molar-refractivity contribution in [3.8, 4) is 0 Å². The minimum atomic E-state index is -0.879. The van der Waals surface area contributed by atoms with Gasteiger partial charge in [0.15, 0.2) is 0 Å². The van der Waals surface area contributed by atoms with Gasteiger partial charge in [0, 0.05) is 12.7 Å². The molecule has 0 aromatic heterocycles. The van der Waals surface area contributed by atoms with E-state index in [4.69, 9.17) is 0 Å². The SMILES string of the molecule is CC(=O)N1CSCC1C(=O)NC1CC(C(=O)O)c2ccccc21. The Hall–Kier alpha value is -2.02. The van der Waals surface area contributed by atoms with Crippen LogP contribution in [0.25, 0.3) is 0 Å². The van der Waals surface area contributed by atoms with Gasteiger partial charge in [-0.25, -0.2) is 0 Å². The fourth-order valence-electron chi connectivity index (χ4n) is 3.24. The van der Waals surface area contributed by atoms with Gasteiger partial charge in [0.05, 0.1) is 17.8 Å². The van der Waals surface area contributed by atoms with E-state index in [-0.39, 0.29) is 17.9 Å². The lowest BCUT2D eigenvalue weighted by molar-refractivity contribution is -0.139. The zero-order chi connectivity index (χ0) is 16.6. The summed E-state index contributed by atoms with van der Waals surface area (Å²) in [5.41, 5.74) is 1.61. The van der Waals surface area contributed by atoms with Gasteiger partial charge in [0.2, 0.25) is 11.8 Å². The smallest absolute Gasteiger partial charge is 0.311 e. The van der Waals surface area contributed by atoms with E-state index in [2.05, 4.69) is 5.32 Å². The molecule has 0 saturated carbocycles. The number of thioether (sulfide) groups is 1. The molecule has 3 atom stereocenters. The van der Waals surface area contributed by atoms with E-state index in [1.807, 2.05) is 18.2 Å². The molecule has 6 nitrogen and oxygen atoms in total. The largest absolute Gasteiger partial charge is 0.481 e. The van der Waals surface area contributed by atoms with Crippen LogP contribution >= 0.6 is 11.8 Å². The van der Waals surface area contributed by atoms with Crippen LogP contribution in [-0.4, -0.2) is 45.5 Å². The third-order valence-electron chi connectivity index (χ3n) is 4.42.